The maximum absolute atomic E-state index is 13.1. The predicted octanol–water partition coefficient (Wildman–Crippen LogP) is 3.37. The molecule has 2 aromatic carbocycles. The zero-order valence-corrected chi connectivity index (χ0v) is 28.8. The van der Waals surface area contributed by atoms with Crippen LogP contribution < -0.4 is 24.6 Å². The summed E-state index contributed by atoms with van der Waals surface area (Å²) in [5, 5.41) is 24.1. The molecule has 1 saturated heterocycles. The zero-order valence-electron chi connectivity index (χ0n) is 25.8. The molecule has 0 amide bonds. The van der Waals surface area contributed by atoms with Crippen LogP contribution in [0.2, 0.25) is 0 Å². The van der Waals surface area contributed by atoms with Crippen LogP contribution in [-0.2, 0) is 14.3 Å². The van der Waals surface area contributed by atoms with E-state index >= 15 is 0 Å². The number of rotatable bonds is 10. The molecule has 17 heteroatoms. The van der Waals surface area contributed by atoms with Crippen LogP contribution in [0.15, 0.2) is 41.1 Å². The van der Waals surface area contributed by atoms with Crippen LogP contribution >= 0.6 is 30.8 Å². The van der Waals surface area contributed by atoms with Gasteiger partial charge in [0.1, 0.15) is 30.5 Å². The molecule has 6 rings (SSSR count). The molecule has 4 aromatic rings. The van der Waals surface area contributed by atoms with Crippen molar-refractivity contribution in [2.24, 2.45) is 4.74 Å². The van der Waals surface area contributed by atoms with Crippen molar-refractivity contribution in [2.45, 2.75) is 75.7 Å². The lowest BCUT2D eigenvalue weighted by molar-refractivity contribution is -0.170. The summed E-state index contributed by atoms with van der Waals surface area (Å²) < 4.78 is 34.8. The number of carbonyl (C=O) groups is 1. The van der Waals surface area contributed by atoms with Gasteiger partial charge in [-0.3, -0.25) is 9.09 Å². The number of methoxy groups -OCH3 is 1. The average Bonchev–Trinajstić information content (AvgIpc) is 3.73. The molecule has 1 saturated carbocycles. The lowest BCUT2D eigenvalue weighted by Crippen LogP contribution is -2.45. The van der Waals surface area contributed by atoms with Gasteiger partial charge in [-0.2, -0.15) is 9.97 Å². The fourth-order valence-corrected chi connectivity index (χ4v) is 7.29. The smallest absolute Gasteiger partial charge is 0.395 e. The number of esters is 1. The first-order valence-corrected chi connectivity index (χ1v) is 17.2. The normalized spacial score (nSPS) is 24.1. The van der Waals surface area contributed by atoms with Crippen LogP contribution in [0.1, 0.15) is 45.8 Å². The van der Waals surface area contributed by atoms with Crippen LogP contribution in [0.3, 0.4) is 0 Å². The molecule has 2 aromatic heterocycles. The molecule has 15 nitrogen and oxygen atoms in total. The Kier molecular flexibility index (Phi) is 9.69. The van der Waals surface area contributed by atoms with Gasteiger partial charge in [-0.25, -0.2) is 9.78 Å². The minimum Gasteiger partial charge on any atom is -0.575 e. The van der Waals surface area contributed by atoms with Crippen molar-refractivity contribution in [3.63, 3.8) is 0 Å². The number of carbonyl (C=O) groups excluding carboxylic acids is 1. The van der Waals surface area contributed by atoms with Crippen molar-refractivity contribution in [1.29, 1.82) is 0 Å². The molecule has 47 heavy (non-hydrogen) atoms. The van der Waals surface area contributed by atoms with Gasteiger partial charge >= 0.3 is 14.1 Å². The maximum Gasteiger partial charge on any atom is 0.395 e. The topological polar surface area (TPSA) is 209 Å². The molecule has 250 valence electrons. The molecule has 0 spiro atoms. The largest absolute Gasteiger partial charge is 0.575 e. The summed E-state index contributed by atoms with van der Waals surface area (Å²) >= 11 is 1.96. The summed E-state index contributed by atoms with van der Waals surface area (Å²) in [5.74, 6) is -0.153. The first-order chi connectivity index (χ1) is 22.5. The number of hydrogen-bond acceptors (Lipinski definition) is 14. The number of nitrogens with zero attached hydrogens (tertiary/aromatic N) is 5. The Morgan fingerprint density at radius 1 is 1.26 bits per heavy atom. The number of nitrogen functional groups attached to an aromatic ring is 1. The Morgan fingerprint density at radius 3 is 2.74 bits per heavy atom. The number of anilines is 1. The summed E-state index contributed by atoms with van der Waals surface area (Å²) in [6.45, 7) is 2.71. The third-order valence-electron chi connectivity index (χ3n) is 8.27. The highest BCUT2D eigenvalue weighted by Crippen LogP contribution is 2.44. The number of fused-ring (bicyclic) bond motifs is 2. The summed E-state index contributed by atoms with van der Waals surface area (Å²) in [4.78, 5) is 38.4. The number of ether oxygens (including phenoxy) is 4. The van der Waals surface area contributed by atoms with E-state index in [4.69, 9.17) is 29.2 Å². The second-order valence-electron chi connectivity index (χ2n) is 11.6. The molecule has 1 aliphatic carbocycles. The molecule has 4 N–H and O–H groups in total. The first-order valence-electron chi connectivity index (χ1n) is 15.0. The predicted molar refractivity (Wildman–Crippen MR) is 177 cm³/mol. The van der Waals surface area contributed by atoms with Gasteiger partial charge in [0.2, 0.25) is 17.6 Å². The van der Waals surface area contributed by atoms with Gasteiger partial charge in [0.05, 0.1) is 7.11 Å². The highest BCUT2D eigenvalue weighted by atomic mass is 127. The number of imidazole rings is 1. The number of nitrogens with two attached hydrogens (primary N) is 1. The summed E-state index contributed by atoms with van der Waals surface area (Å²) in [6, 6.07) is 9.69. The Bertz CT molecular complexity index is 1830. The van der Waals surface area contributed by atoms with Crippen molar-refractivity contribution in [1.82, 2.24) is 19.5 Å². The summed E-state index contributed by atoms with van der Waals surface area (Å²) in [6.07, 6.45) is -0.108. The molecule has 0 radical (unpaired) electrons. The van der Waals surface area contributed by atoms with Crippen molar-refractivity contribution < 1.29 is 43.4 Å². The molecule has 1 aliphatic heterocycles. The monoisotopic (exact) mass is 780 g/mol. The van der Waals surface area contributed by atoms with Gasteiger partial charge in [-0.05, 0) is 51.0 Å². The van der Waals surface area contributed by atoms with Crippen molar-refractivity contribution in [3.8, 4) is 17.4 Å². The minimum atomic E-state index is -2.71. The zero-order chi connectivity index (χ0) is 33.5. The van der Waals surface area contributed by atoms with Crippen LogP contribution in [0.5, 0.6) is 17.4 Å². The second-order valence-corrected chi connectivity index (χ2v) is 13.5. The van der Waals surface area contributed by atoms with Crippen LogP contribution in [-0.4, -0.2) is 79.4 Å². The van der Waals surface area contributed by atoms with Crippen molar-refractivity contribution >= 4 is 64.6 Å². The van der Waals surface area contributed by atoms with Gasteiger partial charge in [0.25, 0.3) is 0 Å². The van der Waals surface area contributed by atoms with E-state index in [0.717, 1.165) is 31.1 Å². The standard InChI is InChI=1S/C30H34IN6O9P/c1-15(26(39)44-17-9-5-6-10-17)36-47(41)46-22-18-11-7-4-8-16(18)12-13-19(22)43-14-20-23(38)30(2,40)27(45-20)37-24-21(33-28(37)31)25(42-3)35-29(32)34-24/h4,7-8,11-13,15,17,20,23,27,38,40H,5-6,9-10,14H2,1-3H3,(H2,32,34,35)/t15-,20+,23+,27+,30+/m0/s1. The molecule has 2 fully saturated rings. The Hall–Kier alpha value is -3.41. The number of aromatic nitrogens is 4. The minimum absolute atomic E-state index is 0.0704. The fraction of sp³-hybridized carbons (Fsp3) is 0.467. The number of halogens is 1. The van der Waals surface area contributed by atoms with Crippen LogP contribution in [0.4, 0.5) is 5.95 Å². The third kappa shape index (κ3) is 6.67. The third-order valence-corrected chi connectivity index (χ3v) is 9.91. The average molecular weight is 781 g/mol. The molecule has 2 aliphatic rings. The summed E-state index contributed by atoms with van der Waals surface area (Å²) in [7, 11) is -1.29. The highest BCUT2D eigenvalue weighted by molar-refractivity contribution is 14.1. The molecule has 0 bridgehead atoms. The van der Waals surface area contributed by atoms with E-state index in [-0.39, 0.29) is 41.7 Å². The molecule has 1 unspecified atom stereocenters. The van der Waals surface area contributed by atoms with Crippen molar-refractivity contribution in [3.05, 3.63) is 40.2 Å². The Morgan fingerprint density at radius 2 is 2.00 bits per heavy atom. The first kappa shape index (κ1) is 33.5. The molecular weight excluding hydrogens is 746 g/mol. The quantitative estimate of drug-likeness (QED) is 0.0914. The highest BCUT2D eigenvalue weighted by Gasteiger charge is 2.54. The lowest BCUT2D eigenvalue weighted by atomic mass is 9.96. The molecule has 6 atom stereocenters. The van der Waals surface area contributed by atoms with Gasteiger partial charge in [0, 0.05) is 28.0 Å². The number of hydrogen-bond donors (Lipinski definition) is 3. The van der Waals surface area contributed by atoms with E-state index in [1.54, 1.807) is 24.3 Å². The van der Waals surface area contributed by atoms with E-state index in [9.17, 15) is 19.9 Å². The van der Waals surface area contributed by atoms with E-state index in [1.165, 1.54) is 25.5 Å². The Labute approximate surface area is 284 Å². The number of aliphatic hydroxyl groups is 2. The van der Waals surface area contributed by atoms with Gasteiger partial charge < -0.3 is 39.8 Å². The van der Waals surface area contributed by atoms with Crippen LogP contribution in [0.25, 0.3) is 21.9 Å². The maximum atomic E-state index is 13.1. The Balaban J connectivity index is 1.24. The van der Waals surface area contributed by atoms with E-state index in [0.29, 0.717) is 14.7 Å². The van der Waals surface area contributed by atoms with E-state index in [2.05, 4.69) is 19.7 Å². The van der Waals surface area contributed by atoms with Crippen LogP contribution in [0, 0.1) is 3.83 Å². The van der Waals surface area contributed by atoms with E-state index in [1.807, 2.05) is 34.7 Å². The van der Waals surface area contributed by atoms with Gasteiger partial charge in [0.15, 0.2) is 33.0 Å². The summed E-state index contributed by atoms with van der Waals surface area (Å²) in [5.41, 5.74) is 4.63. The number of benzene rings is 2. The molecule has 3 heterocycles. The second kappa shape index (κ2) is 13.6. The van der Waals surface area contributed by atoms with E-state index < -0.39 is 44.2 Å². The van der Waals surface area contributed by atoms with Gasteiger partial charge in [-0.1, -0.05) is 35.1 Å². The fourth-order valence-electron chi connectivity index (χ4n) is 5.80. The molecular formula is C30H34IN6O9P. The lowest BCUT2D eigenvalue weighted by Gasteiger charge is -2.27. The van der Waals surface area contributed by atoms with Gasteiger partial charge in [-0.15, -0.1) is 0 Å². The number of aliphatic hydroxyl groups excluding tert-OH is 1. The van der Waals surface area contributed by atoms with Crippen molar-refractivity contribution in [2.75, 3.05) is 19.5 Å². The SMILES string of the molecule is COc1nc(N)nc2c1nc(I)n2[C@@H]1O[C@H](COc2ccc3ccccc3c2O/[P+]([O-])=N/[C@@H](C)C(=O)OC2CCCC2)[C@@H](O)[C@@]1(C)O.